The van der Waals surface area contributed by atoms with Crippen LogP contribution in [0.15, 0.2) is 48.9 Å². The number of aromatic hydroxyl groups is 1. The molecule has 0 radical (unpaired) electrons. The Morgan fingerprint density at radius 3 is 2.30 bits per heavy atom. The number of hydrogen-bond donors (Lipinski definition) is 9. The van der Waals surface area contributed by atoms with Crippen LogP contribution in [0.3, 0.4) is 0 Å². The molecule has 15 heteroatoms. The highest BCUT2D eigenvalue weighted by Gasteiger charge is 2.32. The lowest BCUT2D eigenvalue weighted by atomic mass is 9.95. The number of carboxylic acid groups (broad SMARTS) is 1. The molecular formula is C32H46ClN7O7. The van der Waals surface area contributed by atoms with E-state index in [1.807, 2.05) is 0 Å². The number of hydrogen-bond acceptors (Lipinski definition) is 9. The van der Waals surface area contributed by atoms with Crippen molar-refractivity contribution in [3.63, 3.8) is 0 Å². The van der Waals surface area contributed by atoms with Gasteiger partial charge in [-0.05, 0) is 46.5 Å². The first-order valence-electron chi connectivity index (χ1n) is 13.8. The van der Waals surface area contributed by atoms with Gasteiger partial charge in [0.05, 0.1) is 18.5 Å². The van der Waals surface area contributed by atoms with Gasteiger partial charge in [0.2, 0.25) is 17.7 Å². The minimum Gasteiger partial charge on any atom is -0.508 e. The molecule has 258 valence electrons. The number of carbonyl (C=O) groups is 4. The Kier molecular flexibility index (Phi) is 15.5. The largest absolute Gasteiger partial charge is 0.508 e. The lowest BCUT2D eigenvalue weighted by Crippen LogP contribution is -2.58. The summed E-state index contributed by atoms with van der Waals surface area (Å²) in [6, 6.07) is 4.57. The van der Waals surface area contributed by atoms with Gasteiger partial charge in [0.1, 0.15) is 23.9 Å². The fourth-order valence-corrected chi connectivity index (χ4v) is 5.03. The van der Waals surface area contributed by atoms with Crippen LogP contribution in [-0.4, -0.2) is 85.8 Å². The van der Waals surface area contributed by atoms with Gasteiger partial charge in [0, 0.05) is 49.1 Å². The second-order valence-corrected chi connectivity index (χ2v) is 11.0. The minimum absolute atomic E-state index is 0. The maximum Gasteiger partial charge on any atom is 0.326 e. The van der Waals surface area contributed by atoms with E-state index in [0.717, 1.165) is 0 Å². The first kappa shape index (κ1) is 40.5. The molecule has 1 aliphatic heterocycles. The van der Waals surface area contributed by atoms with Crippen LogP contribution in [0.4, 0.5) is 0 Å². The zero-order chi connectivity index (χ0) is 32.0. The highest BCUT2D eigenvalue weighted by molar-refractivity contribution is 6.31. The van der Waals surface area contributed by atoms with Gasteiger partial charge in [-0.2, -0.15) is 0 Å². The molecule has 2 heterocycles. The SMILES string of the molecule is C.C.C.NC[C@H](O)C[C@@H]1NC(=O)[C@@H](N)Cc2cc(ccc2O)-c2ccc(Cl)c(c2)C[C@@H](C(=O)N[C@@H](Cc2cnc[nH]2)C(=O)O)NC1=O. The summed E-state index contributed by atoms with van der Waals surface area (Å²) in [6.45, 7) is -0.216. The number of nitrogens with zero attached hydrogens (tertiary/aromatic N) is 1. The number of aliphatic hydroxyl groups is 1. The van der Waals surface area contributed by atoms with Crippen LogP contribution in [0.2, 0.25) is 5.02 Å². The number of carboxylic acids is 1. The zero-order valence-corrected chi connectivity index (χ0v) is 24.3. The van der Waals surface area contributed by atoms with Crippen LogP contribution in [-0.2, 0) is 38.4 Å². The molecule has 4 bridgehead atoms. The molecule has 1 aromatic heterocycles. The molecule has 0 saturated heterocycles. The van der Waals surface area contributed by atoms with E-state index in [-0.39, 0.29) is 65.3 Å². The number of halogens is 1. The van der Waals surface area contributed by atoms with Crippen LogP contribution >= 0.6 is 11.6 Å². The summed E-state index contributed by atoms with van der Waals surface area (Å²) < 4.78 is 0. The number of phenols is 1. The van der Waals surface area contributed by atoms with E-state index in [1.165, 1.54) is 18.6 Å². The molecule has 2 aromatic carbocycles. The van der Waals surface area contributed by atoms with Gasteiger partial charge in [-0.15, -0.1) is 0 Å². The van der Waals surface area contributed by atoms with Gasteiger partial charge < -0.3 is 47.7 Å². The molecule has 3 aromatic rings. The molecular weight excluding hydrogens is 630 g/mol. The zero-order valence-electron chi connectivity index (χ0n) is 23.5. The summed E-state index contributed by atoms with van der Waals surface area (Å²) in [5, 5.41) is 38.3. The first-order valence-corrected chi connectivity index (χ1v) is 14.2. The Morgan fingerprint density at radius 2 is 1.68 bits per heavy atom. The highest BCUT2D eigenvalue weighted by Crippen LogP contribution is 2.30. The average molecular weight is 676 g/mol. The van der Waals surface area contributed by atoms with Crippen molar-refractivity contribution in [1.82, 2.24) is 25.9 Å². The quantitative estimate of drug-likeness (QED) is 0.165. The number of H-pyrrole nitrogens is 1. The summed E-state index contributed by atoms with van der Waals surface area (Å²) in [5.74, 6) is -3.81. The van der Waals surface area contributed by atoms with Crippen molar-refractivity contribution in [2.45, 2.75) is 78.2 Å². The normalized spacial score (nSPS) is 19.0. The van der Waals surface area contributed by atoms with Crippen molar-refractivity contribution in [2.75, 3.05) is 6.54 Å². The van der Waals surface area contributed by atoms with Crippen LogP contribution in [0.5, 0.6) is 5.75 Å². The smallest absolute Gasteiger partial charge is 0.326 e. The fraction of sp³-hybridized carbons (Fsp3) is 0.406. The third kappa shape index (κ3) is 10.5. The number of phenolic OH excluding ortho intramolecular Hbond substituents is 1. The van der Waals surface area contributed by atoms with E-state index in [9.17, 15) is 34.5 Å². The predicted molar refractivity (Wildman–Crippen MR) is 180 cm³/mol. The van der Waals surface area contributed by atoms with E-state index in [4.69, 9.17) is 23.1 Å². The van der Waals surface area contributed by atoms with E-state index in [1.54, 1.807) is 30.3 Å². The average Bonchev–Trinajstić information content (AvgIpc) is 3.50. The van der Waals surface area contributed by atoms with Crippen molar-refractivity contribution >= 4 is 35.3 Å². The second-order valence-electron chi connectivity index (χ2n) is 10.6. The molecule has 1 aliphatic rings. The number of nitrogens with two attached hydrogens (primary N) is 2. The van der Waals surface area contributed by atoms with Gasteiger partial charge in [-0.3, -0.25) is 14.4 Å². The Hall–Kier alpha value is -4.50. The van der Waals surface area contributed by atoms with E-state index in [2.05, 4.69) is 25.9 Å². The molecule has 14 nitrogen and oxygen atoms in total. The first-order chi connectivity index (χ1) is 20.9. The van der Waals surface area contributed by atoms with Gasteiger partial charge in [0.15, 0.2) is 0 Å². The van der Waals surface area contributed by atoms with Crippen molar-refractivity contribution in [3.05, 3.63) is 70.8 Å². The second kappa shape index (κ2) is 18.0. The van der Waals surface area contributed by atoms with Crippen molar-refractivity contribution in [3.8, 4) is 16.9 Å². The molecule has 0 spiro atoms. The van der Waals surface area contributed by atoms with Crippen LogP contribution in [0.1, 0.15) is 45.5 Å². The number of carbonyl (C=O) groups excluding carboxylic acids is 3. The van der Waals surface area contributed by atoms with Crippen LogP contribution in [0, 0.1) is 0 Å². The topological polar surface area (TPSA) is 246 Å². The number of imidazole rings is 1. The molecule has 47 heavy (non-hydrogen) atoms. The molecule has 0 unspecified atom stereocenters. The molecule has 4 rings (SSSR count). The van der Waals surface area contributed by atoms with Gasteiger partial charge in [-0.25, -0.2) is 9.78 Å². The third-order valence-corrected chi connectivity index (χ3v) is 7.67. The number of benzene rings is 2. The van der Waals surface area contributed by atoms with Gasteiger partial charge >= 0.3 is 5.97 Å². The minimum atomic E-state index is -1.37. The summed E-state index contributed by atoms with van der Waals surface area (Å²) in [5.41, 5.74) is 14.3. The standard InChI is InChI=1S/C29H34ClN7O7.3CH4/c30-20-3-1-14-5-16(20)8-22(27(41)37-24(29(43)44)9-18-12-33-13-34-18)36-28(42)23(10-19(38)11-31)35-26(40)21(32)7-17-6-15(14)2-4-25(17)39;;;/h1-6,12-13,19,21-24,38-39H,7-11,31-32H2,(H,33,34)(H,35,40)(H,36,42)(H,37,41)(H,43,44);3*1H4/t19-,21+,22+,23+,24+;;;/m1.../s1. The van der Waals surface area contributed by atoms with Crippen molar-refractivity contribution in [2.24, 2.45) is 11.5 Å². The number of amides is 3. The molecule has 3 amide bonds. The highest BCUT2D eigenvalue weighted by atomic mass is 35.5. The number of nitrogens with one attached hydrogen (secondary N) is 4. The molecule has 0 saturated carbocycles. The van der Waals surface area contributed by atoms with E-state index in [0.29, 0.717) is 27.9 Å². The Bertz CT molecular complexity index is 1520. The van der Waals surface area contributed by atoms with Crippen LogP contribution < -0.4 is 27.4 Å². The van der Waals surface area contributed by atoms with Gasteiger partial charge in [-0.1, -0.05) is 46.0 Å². The Labute approximate surface area is 279 Å². The molecule has 0 fully saturated rings. The monoisotopic (exact) mass is 675 g/mol. The van der Waals surface area contributed by atoms with Crippen molar-refractivity contribution in [1.29, 1.82) is 0 Å². The predicted octanol–water partition coefficient (Wildman–Crippen LogP) is 1.26. The van der Waals surface area contributed by atoms with Gasteiger partial charge in [0.25, 0.3) is 0 Å². The van der Waals surface area contributed by atoms with E-state index >= 15 is 0 Å². The number of aromatic amines is 1. The summed E-state index contributed by atoms with van der Waals surface area (Å²) >= 11 is 6.52. The third-order valence-electron chi connectivity index (χ3n) is 7.30. The van der Waals surface area contributed by atoms with E-state index < -0.39 is 54.0 Å². The number of aliphatic hydroxyl groups excluding tert-OH is 1. The maximum atomic E-state index is 13.6. The summed E-state index contributed by atoms with van der Waals surface area (Å²) in [4.78, 5) is 58.9. The number of fused-ring (bicyclic) bond motifs is 5. The van der Waals surface area contributed by atoms with Crippen LogP contribution in [0.25, 0.3) is 11.1 Å². The molecule has 5 atom stereocenters. The summed E-state index contributed by atoms with van der Waals surface area (Å²) in [7, 11) is 0. The Morgan fingerprint density at radius 1 is 1.02 bits per heavy atom. The summed E-state index contributed by atoms with van der Waals surface area (Å²) in [6.07, 6.45) is 0.967. The number of aromatic nitrogens is 2. The Balaban J connectivity index is 0.00000368. The lowest BCUT2D eigenvalue weighted by molar-refractivity contribution is -0.142. The number of aliphatic carboxylic acids is 1. The fourth-order valence-electron chi connectivity index (χ4n) is 4.84. The number of rotatable bonds is 8. The maximum absolute atomic E-state index is 13.6. The van der Waals surface area contributed by atoms with Crippen molar-refractivity contribution < 1.29 is 34.5 Å². The molecule has 11 N–H and O–H groups in total. The lowest BCUT2D eigenvalue weighted by Gasteiger charge is -2.26. The molecule has 0 aliphatic carbocycles.